The normalized spacial score (nSPS) is 19.7. The SMILES string of the molecule is CN(C(N)=O)N1CCCCC1. The van der Waals surface area contributed by atoms with Crippen LogP contribution >= 0.6 is 0 Å². The summed E-state index contributed by atoms with van der Waals surface area (Å²) in [6, 6.07) is -0.369. The van der Waals surface area contributed by atoms with Crippen LogP contribution in [0.5, 0.6) is 0 Å². The second-order valence-corrected chi connectivity index (χ2v) is 2.88. The van der Waals surface area contributed by atoms with E-state index in [-0.39, 0.29) is 6.03 Å². The van der Waals surface area contributed by atoms with Gasteiger partial charge in [0.1, 0.15) is 0 Å². The van der Waals surface area contributed by atoms with Crippen molar-refractivity contribution in [1.29, 1.82) is 0 Å². The van der Waals surface area contributed by atoms with E-state index in [4.69, 9.17) is 5.73 Å². The van der Waals surface area contributed by atoms with Crippen molar-refractivity contribution in [2.45, 2.75) is 19.3 Å². The van der Waals surface area contributed by atoms with E-state index in [0.29, 0.717) is 0 Å². The van der Waals surface area contributed by atoms with Crippen LogP contribution in [-0.2, 0) is 0 Å². The molecule has 0 spiro atoms. The fraction of sp³-hybridized carbons (Fsp3) is 0.857. The molecule has 11 heavy (non-hydrogen) atoms. The van der Waals surface area contributed by atoms with Crippen LogP contribution in [0.4, 0.5) is 4.79 Å². The highest BCUT2D eigenvalue weighted by molar-refractivity contribution is 5.71. The molecule has 1 fully saturated rings. The lowest BCUT2D eigenvalue weighted by atomic mass is 10.2. The van der Waals surface area contributed by atoms with Gasteiger partial charge in [-0.2, -0.15) is 0 Å². The van der Waals surface area contributed by atoms with E-state index in [0.717, 1.165) is 25.9 Å². The summed E-state index contributed by atoms with van der Waals surface area (Å²) in [5.74, 6) is 0. The summed E-state index contributed by atoms with van der Waals surface area (Å²) in [5.41, 5.74) is 5.11. The van der Waals surface area contributed by atoms with Crippen LogP contribution in [0.25, 0.3) is 0 Å². The molecule has 0 unspecified atom stereocenters. The first-order chi connectivity index (χ1) is 5.22. The Morgan fingerprint density at radius 2 is 1.91 bits per heavy atom. The van der Waals surface area contributed by atoms with Gasteiger partial charge in [-0.1, -0.05) is 6.42 Å². The lowest BCUT2D eigenvalue weighted by molar-refractivity contribution is 0.0229. The number of hydrogen-bond donors (Lipinski definition) is 1. The molecule has 2 N–H and O–H groups in total. The van der Waals surface area contributed by atoms with Crippen LogP contribution < -0.4 is 5.73 Å². The quantitative estimate of drug-likeness (QED) is 0.599. The van der Waals surface area contributed by atoms with Gasteiger partial charge in [0.15, 0.2) is 0 Å². The van der Waals surface area contributed by atoms with E-state index < -0.39 is 0 Å². The second kappa shape index (κ2) is 3.57. The summed E-state index contributed by atoms with van der Waals surface area (Å²) < 4.78 is 0. The van der Waals surface area contributed by atoms with Crippen molar-refractivity contribution in [3.63, 3.8) is 0 Å². The monoisotopic (exact) mass is 157 g/mol. The number of nitrogens with two attached hydrogens (primary N) is 1. The molecule has 2 amide bonds. The van der Waals surface area contributed by atoms with Crippen LogP contribution in [0, 0.1) is 0 Å². The van der Waals surface area contributed by atoms with Crippen LogP contribution in [0.2, 0.25) is 0 Å². The third-order valence-corrected chi connectivity index (χ3v) is 2.08. The third kappa shape index (κ3) is 2.08. The van der Waals surface area contributed by atoms with Gasteiger partial charge in [0.05, 0.1) is 0 Å². The van der Waals surface area contributed by atoms with Crippen LogP contribution in [-0.4, -0.2) is 36.2 Å². The zero-order chi connectivity index (χ0) is 8.27. The molecule has 0 aromatic heterocycles. The molecular formula is C7H15N3O. The Morgan fingerprint density at radius 1 is 1.36 bits per heavy atom. The number of hydrogen-bond acceptors (Lipinski definition) is 2. The maximum Gasteiger partial charge on any atom is 0.329 e. The van der Waals surface area contributed by atoms with Gasteiger partial charge in [-0.25, -0.2) is 9.80 Å². The molecule has 0 aliphatic carbocycles. The summed E-state index contributed by atoms with van der Waals surface area (Å²) in [4.78, 5) is 10.7. The fourth-order valence-corrected chi connectivity index (χ4v) is 1.32. The van der Waals surface area contributed by atoms with Gasteiger partial charge >= 0.3 is 6.03 Å². The number of amides is 2. The van der Waals surface area contributed by atoms with E-state index in [1.165, 1.54) is 11.4 Å². The van der Waals surface area contributed by atoms with Crippen molar-refractivity contribution in [2.24, 2.45) is 5.73 Å². The first-order valence-electron chi connectivity index (χ1n) is 4.00. The molecule has 64 valence electrons. The number of carbonyl (C=O) groups excluding carboxylic acids is 1. The average Bonchev–Trinajstić information content (AvgIpc) is 2.05. The molecule has 4 heteroatoms. The van der Waals surface area contributed by atoms with Crippen molar-refractivity contribution >= 4 is 6.03 Å². The number of hydrazine groups is 1. The first-order valence-corrected chi connectivity index (χ1v) is 4.00. The maximum absolute atomic E-state index is 10.7. The molecule has 0 aromatic rings. The molecular weight excluding hydrogens is 142 g/mol. The van der Waals surface area contributed by atoms with Gasteiger partial charge in [-0.15, -0.1) is 0 Å². The maximum atomic E-state index is 10.7. The Hall–Kier alpha value is -0.770. The smallest absolute Gasteiger partial charge is 0.329 e. The van der Waals surface area contributed by atoms with E-state index in [1.807, 2.05) is 5.01 Å². The molecule has 1 saturated heterocycles. The molecule has 1 aliphatic heterocycles. The average molecular weight is 157 g/mol. The lowest BCUT2D eigenvalue weighted by Crippen LogP contribution is -2.48. The van der Waals surface area contributed by atoms with Crippen molar-refractivity contribution in [3.8, 4) is 0 Å². The largest absolute Gasteiger partial charge is 0.350 e. The Morgan fingerprint density at radius 3 is 2.36 bits per heavy atom. The predicted octanol–water partition coefficient (Wildman–Crippen LogP) is 0.398. The highest BCUT2D eigenvalue weighted by atomic mass is 16.2. The highest BCUT2D eigenvalue weighted by Gasteiger charge is 2.16. The Bertz CT molecular complexity index is 143. The minimum Gasteiger partial charge on any atom is -0.350 e. The molecule has 0 bridgehead atoms. The summed E-state index contributed by atoms with van der Waals surface area (Å²) in [5, 5.41) is 3.49. The number of carbonyl (C=O) groups is 1. The minimum atomic E-state index is -0.369. The van der Waals surface area contributed by atoms with Crippen LogP contribution in [0.15, 0.2) is 0 Å². The highest BCUT2D eigenvalue weighted by Crippen LogP contribution is 2.09. The lowest BCUT2D eigenvalue weighted by Gasteiger charge is -2.33. The van der Waals surface area contributed by atoms with Crippen molar-refractivity contribution in [2.75, 3.05) is 20.1 Å². The van der Waals surface area contributed by atoms with Crippen molar-refractivity contribution in [3.05, 3.63) is 0 Å². The Kier molecular flexibility index (Phi) is 2.70. The summed E-state index contributed by atoms with van der Waals surface area (Å²) in [6.07, 6.45) is 3.60. The van der Waals surface area contributed by atoms with E-state index in [2.05, 4.69) is 0 Å². The molecule has 1 heterocycles. The van der Waals surface area contributed by atoms with Gasteiger partial charge in [-0.3, -0.25) is 5.01 Å². The van der Waals surface area contributed by atoms with Gasteiger partial charge < -0.3 is 5.73 Å². The van der Waals surface area contributed by atoms with Crippen LogP contribution in [0.3, 0.4) is 0 Å². The van der Waals surface area contributed by atoms with Gasteiger partial charge in [0, 0.05) is 20.1 Å². The summed E-state index contributed by atoms with van der Waals surface area (Å²) in [7, 11) is 1.72. The summed E-state index contributed by atoms with van der Waals surface area (Å²) in [6.45, 7) is 1.92. The Balaban J connectivity index is 2.38. The first kappa shape index (κ1) is 8.33. The molecule has 0 aromatic carbocycles. The topological polar surface area (TPSA) is 49.6 Å². The van der Waals surface area contributed by atoms with Crippen molar-refractivity contribution in [1.82, 2.24) is 10.0 Å². The molecule has 1 rings (SSSR count). The van der Waals surface area contributed by atoms with E-state index in [1.54, 1.807) is 7.05 Å². The third-order valence-electron chi connectivity index (χ3n) is 2.08. The molecule has 0 saturated carbocycles. The number of primary amides is 1. The van der Waals surface area contributed by atoms with Gasteiger partial charge in [0.25, 0.3) is 0 Å². The molecule has 1 aliphatic rings. The van der Waals surface area contributed by atoms with Gasteiger partial charge in [-0.05, 0) is 12.8 Å². The molecule has 4 nitrogen and oxygen atoms in total. The van der Waals surface area contributed by atoms with E-state index in [9.17, 15) is 4.79 Å². The number of nitrogens with zero attached hydrogens (tertiary/aromatic N) is 2. The Labute approximate surface area is 66.9 Å². The van der Waals surface area contributed by atoms with E-state index >= 15 is 0 Å². The summed E-state index contributed by atoms with van der Waals surface area (Å²) >= 11 is 0. The molecule has 0 radical (unpaired) electrons. The fourth-order valence-electron chi connectivity index (χ4n) is 1.32. The number of urea groups is 1. The number of rotatable bonds is 1. The van der Waals surface area contributed by atoms with Crippen molar-refractivity contribution < 1.29 is 4.79 Å². The minimum absolute atomic E-state index is 0.369. The molecule has 0 atom stereocenters. The predicted molar refractivity (Wildman–Crippen MR) is 42.8 cm³/mol. The number of piperidine rings is 1. The second-order valence-electron chi connectivity index (χ2n) is 2.88. The zero-order valence-corrected chi connectivity index (χ0v) is 6.92. The standard InChI is InChI=1S/C7H15N3O/c1-9(7(8)11)10-5-3-2-4-6-10/h2-6H2,1H3,(H2,8,11). The van der Waals surface area contributed by atoms with Gasteiger partial charge in [0.2, 0.25) is 0 Å². The zero-order valence-electron chi connectivity index (χ0n) is 6.92. The van der Waals surface area contributed by atoms with Crippen LogP contribution in [0.1, 0.15) is 19.3 Å².